The molecular formula is C21H28N2O. The summed E-state index contributed by atoms with van der Waals surface area (Å²) in [4.78, 5) is 14.6. The third kappa shape index (κ3) is 4.15. The molecule has 0 saturated carbocycles. The van der Waals surface area contributed by atoms with Gasteiger partial charge in [-0.2, -0.15) is 0 Å². The van der Waals surface area contributed by atoms with Gasteiger partial charge in [0.25, 0.3) is 0 Å². The molecule has 0 aliphatic carbocycles. The molecule has 3 rings (SSSR count). The first-order chi connectivity index (χ1) is 11.6. The Balaban J connectivity index is 1.55. The Morgan fingerprint density at radius 2 is 2.04 bits per heavy atom. The molecule has 2 atom stereocenters. The molecule has 1 saturated heterocycles. The van der Waals surface area contributed by atoms with Crippen LogP contribution >= 0.6 is 0 Å². The van der Waals surface area contributed by atoms with Crippen molar-refractivity contribution in [2.75, 3.05) is 26.7 Å². The average Bonchev–Trinajstić information content (AvgIpc) is 2.60. The monoisotopic (exact) mass is 324 g/mol. The number of benzene rings is 2. The second kappa shape index (κ2) is 7.80. The zero-order valence-corrected chi connectivity index (χ0v) is 14.8. The Morgan fingerprint density at radius 1 is 1.25 bits per heavy atom. The first-order valence-corrected chi connectivity index (χ1v) is 9.06. The summed E-state index contributed by atoms with van der Waals surface area (Å²) in [5.41, 5.74) is 1.37. The third-order valence-electron chi connectivity index (χ3n) is 5.07. The van der Waals surface area contributed by atoms with Crippen LogP contribution in [0.15, 0.2) is 42.5 Å². The highest BCUT2D eigenvalue weighted by atomic mass is 16.1. The van der Waals surface area contributed by atoms with E-state index in [0.29, 0.717) is 5.92 Å². The number of fused-ring (bicyclic) bond motifs is 1. The van der Waals surface area contributed by atoms with Gasteiger partial charge in [-0.05, 0) is 55.1 Å². The van der Waals surface area contributed by atoms with Crippen molar-refractivity contribution < 1.29 is 4.79 Å². The highest BCUT2D eigenvalue weighted by Gasteiger charge is 2.23. The van der Waals surface area contributed by atoms with Crippen LogP contribution in [0.25, 0.3) is 10.8 Å². The maximum atomic E-state index is 12.4. The van der Waals surface area contributed by atoms with Crippen molar-refractivity contribution in [1.82, 2.24) is 10.2 Å². The smallest absolute Gasteiger partial charge is 0.224 e. The summed E-state index contributed by atoms with van der Waals surface area (Å²) < 4.78 is 0. The molecular weight excluding hydrogens is 296 g/mol. The number of likely N-dealkylation sites (tertiary alicyclic amines) is 1. The van der Waals surface area contributed by atoms with Gasteiger partial charge < -0.3 is 10.2 Å². The standard InChI is InChI=1S/C21H28N2O/c1-16(14-22-21(24)19-10-6-12-23(2)15-19)13-18-9-5-8-17-7-3-4-11-20(17)18/h3-5,7-9,11,16,19H,6,10,12-15H2,1-2H3,(H,22,24). The number of piperidine rings is 1. The number of hydrogen-bond acceptors (Lipinski definition) is 2. The summed E-state index contributed by atoms with van der Waals surface area (Å²) in [6, 6.07) is 15.0. The average molecular weight is 324 g/mol. The summed E-state index contributed by atoms with van der Waals surface area (Å²) in [5, 5.41) is 5.79. The first-order valence-electron chi connectivity index (χ1n) is 9.06. The molecule has 3 nitrogen and oxygen atoms in total. The lowest BCUT2D eigenvalue weighted by molar-refractivity contribution is -0.126. The second-order valence-corrected chi connectivity index (χ2v) is 7.29. The van der Waals surface area contributed by atoms with Crippen LogP contribution in [0.2, 0.25) is 0 Å². The number of nitrogens with one attached hydrogen (secondary N) is 1. The lowest BCUT2D eigenvalue weighted by atomic mass is 9.95. The van der Waals surface area contributed by atoms with E-state index in [4.69, 9.17) is 0 Å². The van der Waals surface area contributed by atoms with E-state index in [1.807, 2.05) is 0 Å². The van der Waals surface area contributed by atoms with Gasteiger partial charge >= 0.3 is 0 Å². The van der Waals surface area contributed by atoms with Crippen molar-refractivity contribution in [1.29, 1.82) is 0 Å². The van der Waals surface area contributed by atoms with Crippen molar-refractivity contribution in [3.05, 3.63) is 48.0 Å². The van der Waals surface area contributed by atoms with Crippen LogP contribution in [-0.4, -0.2) is 37.5 Å². The molecule has 1 amide bonds. The SMILES string of the molecule is CC(CNC(=O)C1CCCN(C)C1)Cc1cccc2ccccc12. The molecule has 1 aliphatic heterocycles. The molecule has 2 aromatic rings. The van der Waals surface area contributed by atoms with Crippen molar-refractivity contribution in [3.8, 4) is 0 Å². The normalized spacial score (nSPS) is 20.0. The molecule has 0 bridgehead atoms. The number of amides is 1. The Morgan fingerprint density at radius 3 is 2.88 bits per heavy atom. The lowest BCUT2D eigenvalue weighted by Crippen LogP contribution is -2.42. The number of rotatable bonds is 5. The van der Waals surface area contributed by atoms with Gasteiger partial charge in [0.05, 0.1) is 5.92 Å². The summed E-state index contributed by atoms with van der Waals surface area (Å²) in [7, 11) is 2.10. The van der Waals surface area contributed by atoms with Crippen molar-refractivity contribution >= 4 is 16.7 Å². The van der Waals surface area contributed by atoms with Gasteiger partial charge in [0.2, 0.25) is 5.91 Å². The van der Waals surface area contributed by atoms with E-state index in [-0.39, 0.29) is 11.8 Å². The topological polar surface area (TPSA) is 32.3 Å². The number of carbonyl (C=O) groups excluding carboxylic acids is 1. The zero-order valence-electron chi connectivity index (χ0n) is 14.8. The summed E-state index contributed by atoms with van der Waals surface area (Å²) in [6.45, 7) is 4.97. The van der Waals surface area contributed by atoms with E-state index < -0.39 is 0 Å². The molecule has 128 valence electrons. The van der Waals surface area contributed by atoms with Gasteiger partial charge in [-0.25, -0.2) is 0 Å². The number of carbonyl (C=O) groups is 1. The first kappa shape index (κ1) is 17.0. The van der Waals surface area contributed by atoms with Gasteiger partial charge in [0.15, 0.2) is 0 Å². The predicted molar refractivity (Wildman–Crippen MR) is 100 cm³/mol. The minimum absolute atomic E-state index is 0.161. The Kier molecular flexibility index (Phi) is 5.52. The molecule has 1 aliphatic rings. The third-order valence-corrected chi connectivity index (χ3v) is 5.07. The molecule has 0 spiro atoms. The van der Waals surface area contributed by atoms with E-state index in [2.05, 4.69) is 66.7 Å². The maximum absolute atomic E-state index is 12.4. The fourth-order valence-electron chi connectivity index (χ4n) is 3.72. The minimum atomic E-state index is 0.161. The molecule has 24 heavy (non-hydrogen) atoms. The maximum Gasteiger partial charge on any atom is 0.224 e. The summed E-state index contributed by atoms with van der Waals surface area (Å²) in [6.07, 6.45) is 3.14. The van der Waals surface area contributed by atoms with E-state index in [9.17, 15) is 4.79 Å². The predicted octanol–water partition coefficient (Wildman–Crippen LogP) is 3.48. The highest BCUT2D eigenvalue weighted by Crippen LogP contribution is 2.21. The zero-order chi connectivity index (χ0) is 16.9. The number of hydrogen-bond donors (Lipinski definition) is 1. The Hall–Kier alpha value is -1.87. The van der Waals surface area contributed by atoms with Crippen molar-refractivity contribution in [3.63, 3.8) is 0 Å². The lowest BCUT2D eigenvalue weighted by Gasteiger charge is -2.29. The molecule has 0 radical (unpaired) electrons. The second-order valence-electron chi connectivity index (χ2n) is 7.29. The van der Waals surface area contributed by atoms with E-state index in [1.54, 1.807) is 0 Å². The highest BCUT2D eigenvalue weighted by molar-refractivity contribution is 5.85. The van der Waals surface area contributed by atoms with Crippen LogP contribution in [0.1, 0.15) is 25.3 Å². The minimum Gasteiger partial charge on any atom is -0.356 e. The van der Waals surface area contributed by atoms with Gasteiger partial charge in [0.1, 0.15) is 0 Å². The fraction of sp³-hybridized carbons (Fsp3) is 0.476. The van der Waals surface area contributed by atoms with Gasteiger partial charge in [-0.1, -0.05) is 49.4 Å². The number of nitrogens with zero attached hydrogens (tertiary/aromatic N) is 1. The molecule has 0 aromatic heterocycles. The van der Waals surface area contributed by atoms with Gasteiger partial charge in [0, 0.05) is 13.1 Å². The Bertz CT molecular complexity index is 692. The van der Waals surface area contributed by atoms with Crippen LogP contribution in [0.5, 0.6) is 0 Å². The summed E-state index contributed by atoms with van der Waals surface area (Å²) in [5.74, 6) is 0.820. The van der Waals surface area contributed by atoms with Crippen LogP contribution in [0, 0.1) is 11.8 Å². The largest absolute Gasteiger partial charge is 0.356 e. The van der Waals surface area contributed by atoms with Gasteiger partial charge in [-0.3, -0.25) is 4.79 Å². The van der Waals surface area contributed by atoms with Crippen molar-refractivity contribution in [2.24, 2.45) is 11.8 Å². The van der Waals surface area contributed by atoms with Crippen LogP contribution in [0.3, 0.4) is 0 Å². The van der Waals surface area contributed by atoms with E-state index >= 15 is 0 Å². The molecule has 1 fully saturated rings. The van der Waals surface area contributed by atoms with Crippen molar-refractivity contribution in [2.45, 2.75) is 26.2 Å². The van der Waals surface area contributed by atoms with Crippen LogP contribution in [-0.2, 0) is 11.2 Å². The van der Waals surface area contributed by atoms with Crippen LogP contribution in [0.4, 0.5) is 0 Å². The molecule has 2 aromatic carbocycles. The van der Waals surface area contributed by atoms with E-state index in [1.165, 1.54) is 16.3 Å². The summed E-state index contributed by atoms with van der Waals surface area (Å²) >= 11 is 0. The Labute approximate surface area is 145 Å². The quantitative estimate of drug-likeness (QED) is 0.913. The van der Waals surface area contributed by atoms with E-state index in [0.717, 1.165) is 38.9 Å². The molecule has 1 N–H and O–H groups in total. The molecule has 3 heteroatoms. The molecule has 2 unspecified atom stereocenters. The molecule has 1 heterocycles. The van der Waals surface area contributed by atoms with Crippen LogP contribution < -0.4 is 5.32 Å². The fourth-order valence-corrected chi connectivity index (χ4v) is 3.72. The van der Waals surface area contributed by atoms with Gasteiger partial charge in [-0.15, -0.1) is 0 Å².